The zero-order valence-corrected chi connectivity index (χ0v) is 11.8. The van der Waals surface area contributed by atoms with Gasteiger partial charge in [0.1, 0.15) is 5.54 Å². The number of thiophene rings is 1. The highest BCUT2D eigenvalue weighted by atomic mass is 32.1. The van der Waals surface area contributed by atoms with Crippen molar-refractivity contribution in [2.75, 3.05) is 11.1 Å². The number of halogens is 3. The van der Waals surface area contributed by atoms with E-state index in [-0.39, 0.29) is 24.5 Å². The third-order valence-corrected chi connectivity index (χ3v) is 5.17. The van der Waals surface area contributed by atoms with Crippen molar-refractivity contribution in [1.82, 2.24) is 0 Å². The molecule has 0 aliphatic heterocycles. The molecule has 20 heavy (non-hydrogen) atoms. The molecule has 7 heteroatoms. The summed E-state index contributed by atoms with van der Waals surface area (Å²) in [6, 6.07) is 0. The molecule has 0 unspecified atom stereocenters. The highest BCUT2D eigenvalue weighted by Gasteiger charge is 2.64. The molecule has 3 rings (SSSR count). The van der Waals surface area contributed by atoms with Crippen LogP contribution in [0.2, 0.25) is 0 Å². The van der Waals surface area contributed by atoms with E-state index in [4.69, 9.17) is 5.73 Å². The van der Waals surface area contributed by atoms with Crippen LogP contribution in [0.15, 0.2) is 0 Å². The third-order valence-electron chi connectivity index (χ3n) is 3.93. The van der Waals surface area contributed by atoms with Crippen LogP contribution in [0.1, 0.15) is 53.8 Å². The van der Waals surface area contributed by atoms with Gasteiger partial charge in [-0.15, -0.1) is 11.3 Å². The Hall–Kier alpha value is -1.24. The van der Waals surface area contributed by atoms with Gasteiger partial charge in [0.25, 0.3) is 0 Å². The van der Waals surface area contributed by atoms with Crippen LogP contribution in [0.4, 0.5) is 23.9 Å². The molecular formula is C13H15F3N2OS. The molecule has 0 spiro atoms. The van der Waals surface area contributed by atoms with Crippen molar-refractivity contribution >= 4 is 27.8 Å². The lowest BCUT2D eigenvalue weighted by molar-refractivity contribution is -0.151. The number of hydrogen-bond donors (Lipinski definition) is 2. The van der Waals surface area contributed by atoms with Gasteiger partial charge in [0.2, 0.25) is 0 Å². The molecule has 2 aliphatic rings. The van der Waals surface area contributed by atoms with E-state index in [0.717, 1.165) is 29.7 Å². The zero-order valence-electron chi connectivity index (χ0n) is 10.9. The monoisotopic (exact) mass is 304 g/mol. The van der Waals surface area contributed by atoms with E-state index in [1.54, 1.807) is 0 Å². The summed E-state index contributed by atoms with van der Waals surface area (Å²) in [6.45, 7) is 1.39. The van der Waals surface area contributed by atoms with E-state index in [2.05, 4.69) is 5.32 Å². The molecule has 3 nitrogen and oxygen atoms in total. The van der Waals surface area contributed by atoms with Crippen LogP contribution in [0.5, 0.6) is 0 Å². The van der Waals surface area contributed by atoms with Crippen LogP contribution < -0.4 is 11.1 Å². The summed E-state index contributed by atoms with van der Waals surface area (Å²) in [7, 11) is 0. The molecule has 110 valence electrons. The molecule has 1 heterocycles. The van der Waals surface area contributed by atoms with Gasteiger partial charge in [-0.05, 0) is 31.6 Å². The van der Waals surface area contributed by atoms with Crippen LogP contribution in [-0.2, 0) is 0 Å². The summed E-state index contributed by atoms with van der Waals surface area (Å²) in [6.07, 6.45) is -2.28. The fraction of sp³-hybridized carbons (Fsp3) is 0.615. The van der Waals surface area contributed by atoms with Gasteiger partial charge >= 0.3 is 6.18 Å². The van der Waals surface area contributed by atoms with Gasteiger partial charge in [-0.1, -0.05) is 0 Å². The number of alkyl halides is 3. The summed E-state index contributed by atoms with van der Waals surface area (Å²) >= 11 is 1.06. The summed E-state index contributed by atoms with van der Waals surface area (Å²) in [4.78, 5) is 11.9. The van der Waals surface area contributed by atoms with Crippen LogP contribution in [0.25, 0.3) is 0 Å². The summed E-state index contributed by atoms with van der Waals surface area (Å²) in [5.74, 6) is 0.00480. The second kappa shape index (κ2) is 4.13. The first-order valence-corrected chi connectivity index (χ1v) is 7.35. The first-order chi connectivity index (χ1) is 9.25. The molecule has 1 aromatic rings. The fourth-order valence-electron chi connectivity index (χ4n) is 2.41. The lowest BCUT2D eigenvalue weighted by Crippen LogP contribution is -2.38. The van der Waals surface area contributed by atoms with Gasteiger partial charge in [-0.25, -0.2) is 0 Å². The van der Waals surface area contributed by atoms with Gasteiger partial charge < -0.3 is 11.1 Å². The number of carbonyl (C=O) groups is 1. The van der Waals surface area contributed by atoms with E-state index in [1.165, 1.54) is 6.92 Å². The number of rotatable bonds is 4. The third kappa shape index (κ3) is 2.08. The van der Waals surface area contributed by atoms with Crippen molar-refractivity contribution in [3.63, 3.8) is 0 Å². The van der Waals surface area contributed by atoms with E-state index in [0.29, 0.717) is 15.6 Å². The van der Waals surface area contributed by atoms with Gasteiger partial charge in [0.15, 0.2) is 5.78 Å². The van der Waals surface area contributed by atoms with E-state index >= 15 is 0 Å². The Bertz CT molecular complexity index is 571. The first-order valence-electron chi connectivity index (χ1n) is 6.53. The number of nitrogens with two attached hydrogens (primary N) is 1. The van der Waals surface area contributed by atoms with Crippen LogP contribution >= 0.6 is 11.3 Å². The average molecular weight is 304 g/mol. The van der Waals surface area contributed by atoms with E-state index in [9.17, 15) is 18.0 Å². The normalized spacial score (nSPS) is 20.8. The van der Waals surface area contributed by atoms with Crippen LogP contribution in [-0.4, -0.2) is 17.5 Å². The smallest absolute Gasteiger partial charge is 0.397 e. The molecule has 2 aliphatic carbocycles. The second-order valence-electron chi connectivity index (χ2n) is 5.62. The fourth-order valence-corrected chi connectivity index (χ4v) is 3.61. The minimum Gasteiger partial charge on any atom is -0.397 e. The molecular weight excluding hydrogens is 289 g/mol. The lowest BCUT2D eigenvalue weighted by Gasteiger charge is -2.21. The Morgan fingerprint density at radius 3 is 2.40 bits per heavy atom. The molecule has 1 aromatic heterocycles. The van der Waals surface area contributed by atoms with Crippen molar-refractivity contribution in [3.8, 4) is 0 Å². The summed E-state index contributed by atoms with van der Waals surface area (Å²) < 4.78 is 39.1. The Morgan fingerprint density at radius 2 is 2.00 bits per heavy atom. The summed E-state index contributed by atoms with van der Waals surface area (Å²) in [5.41, 5.74) is 5.23. The van der Waals surface area contributed by atoms with Gasteiger partial charge in [-0.3, -0.25) is 4.79 Å². The minimum absolute atomic E-state index is 0.0772. The molecule has 0 bridgehead atoms. The van der Waals surface area contributed by atoms with Gasteiger partial charge in [0.05, 0.1) is 15.6 Å². The maximum atomic E-state index is 13.0. The Morgan fingerprint density at radius 1 is 1.40 bits per heavy atom. The predicted octanol–water partition coefficient (Wildman–Crippen LogP) is 3.92. The summed E-state index contributed by atoms with van der Waals surface area (Å²) in [5, 5.41) is 3.07. The molecule has 3 N–H and O–H groups in total. The predicted molar refractivity (Wildman–Crippen MR) is 72.4 cm³/mol. The molecule has 2 saturated carbocycles. The largest absolute Gasteiger partial charge is 0.411 e. The van der Waals surface area contributed by atoms with Crippen molar-refractivity contribution in [2.24, 2.45) is 0 Å². The van der Waals surface area contributed by atoms with Gasteiger partial charge in [-0.2, -0.15) is 13.2 Å². The van der Waals surface area contributed by atoms with Crippen molar-refractivity contribution in [1.29, 1.82) is 0 Å². The minimum atomic E-state index is -4.27. The van der Waals surface area contributed by atoms with Crippen molar-refractivity contribution in [2.45, 2.75) is 50.2 Å². The first kappa shape index (κ1) is 13.7. The molecule has 0 aromatic carbocycles. The van der Waals surface area contributed by atoms with E-state index in [1.807, 2.05) is 0 Å². The van der Waals surface area contributed by atoms with Crippen LogP contribution in [0.3, 0.4) is 0 Å². The highest BCUT2D eigenvalue weighted by Crippen LogP contribution is 2.56. The maximum absolute atomic E-state index is 13.0. The number of nitrogen functional groups attached to an aromatic ring is 1. The standard InChI is InChI=1S/C13H15F3N2OS/c1-6(19)10-9(17)8(7-2-3-7)11(20-10)18-12(4-5-12)13(14,15)16/h7,18H,2-5,17H2,1H3. The number of Topliss-reactive ketones (excluding diaryl/α,β-unsaturated/α-hetero) is 1. The average Bonchev–Trinajstić information content (AvgIpc) is 3.18. The highest BCUT2D eigenvalue weighted by molar-refractivity contribution is 7.18. The molecule has 0 saturated heterocycles. The quantitative estimate of drug-likeness (QED) is 0.829. The van der Waals surface area contributed by atoms with Crippen molar-refractivity contribution < 1.29 is 18.0 Å². The molecule has 0 atom stereocenters. The van der Waals surface area contributed by atoms with Crippen molar-refractivity contribution in [3.05, 3.63) is 10.4 Å². The zero-order chi connectivity index (χ0) is 14.7. The maximum Gasteiger partial charge on any atom is 0.411 e. The molecule has 0 radical (unpaired) electrons. The molecule has 0 amide bonds. The topological polar surface area (TPSA) is 55.1 Å². The van der Waals surface area contributed by atoms with Gasteiger partial charge in [0, 0.05) is 12.5 Å². The number of carbonyl (C=O) groups excluding carboxylic acids is 1. The number of nitrogens with one attached hydrogen (secondary N) is 1. The Balaban J connectivity index is 1.97. The number of anilines is 2. The SMILES string of the molecule is CC(=O)c1sc(NC2(C(F)(F)F)CC2)c(C2CC2)c1N. The Kier molecular flexibility index (Phi) is 2.83. The lowest BCUT2D eigenvalue weighted by atomic mass is 10.1. The van der Waals surface area contributed by atoms with E-state index < -0.39 is 11.7 Å². The number of ketones is 1. The Labute approximate surface area is 118 Å². The number of hydrogen-bond acceptors (Lipinski definition) is 4. The van der Waals surface area contributed by atoms with Crippen LogP contribution in [0, 0.1) is 0 Å². The second-order valence-corrected chi connectivity index (χ2v) is 6.64. The molecule has 2 fully saturated rings.